The van der Waals surface area contributed by atoms with Gasteiger partial charge in [0.15, 0.2) is 11.6 Å². The number of amides is 3. The molecule has 0 unspecified atom stereocenters. The first-order valence-corrected chi connectivity index (χ1v) is 15.2. The first kappa shape index (κ1) is 37.9. The average molecular weight is 715 g/mol. The van der Waals surface area contributed by atoms with E-state index in [0.29, 0.717) is 0 Å². The average Bonchev–Trinajstić information content (AvgIpc) is 3.08. The first-order valence-electron chi connectivity index (χ1n) is 15.2. The summed E-state index contributed by atoms with van der Waals surface area (Å²) < 4.78 is 109. The van der Waals surface area contributed by atoms with Gasteiger partial charge in [0, 0.05) is 23.7 Å². The summed E-state index contributed by atoms with van der Waals surface area (Å²) in [4.78, 5) is 37.8. The maximum absolute atomic E-state index is 15.2. The molecule has 1 fully saturated rings. The molecule has 1 heterocycles. The van der Waals surface area contributed by atoms with E-state index >= 15 is 4.39 Å². The molecule has 4 atom stereocenters. The largest absolute Gasteiger partial charge is 0.453 e. The molecule has 270 valence electrons. The summed E-state index contributed by atoms with van der Waals surface area (Å²) in [5.74, 6) is -5.77. The summed E-state index contributed by atoms with van der Waals surface area (Å²) in [6, 6.07) is 9.57. The molecule has 3 amide bonds. The number of nitrogens with one attached hydrogen (secondary N) is 4. The van der Waals surface area contributed by atoms with Crippen molar-refractivity contribution in [3.63, 3.8) is 0 Å². The molecule has 0 spiro atoms. The fourth-order valence-corrected chi connectivity index (χ4v) is 5.25. The zero-order valence-electron chi connectivity index (χ0n) is 26.4. The SMILES string of the molecule is COC(=O)N[C@H](C(=O)Nc1cccc(F)c1CC[C@@H]1CN[C@H](COC(=O)NCC(F)(F)F)CO1)[C@H](c1ccc(F)cc1)c1ccc(F)c(F)c1. The zero-order valence-corrected chi connectivity index (χ0v) is 26.4. The molecule has 1 saturated heterocycles. The molecule has 1 aliphatic rings. The number of ether oxygens (including phenoxy) is 3. The van der Waals surface area contributed by atoms with Crippen LogP contribution in [0.15, 0.2) is 60.7 Å². The van der Waals surface area contributed by atoms with Crippen molar-refractivity contribution in [1.82, 2.24) is 16.0 Å². The lowest BCUT2D eigenvalue weighted by Crippen LogP contribution is -2.49. The molecule has 3 aromatic rings. The van der Waals surface area contributed by atoms with Crippen molar-refractivity contribution in [2.75, 3.05) is 38.7 Å². The maximum atomic E-state index is 15.2. The number of rotatable bonds is 12. The molecule has 3 aromatic carbocycles. The molecule has 0 aromatic heterocycles. The Hall–Kier alpha value is -4.90. The molecule has 0 bridgehead atoms. The van der Waals surface area contributed by atoms with Crippen LogP contribution in [-0.2, 0) is 25.4 Å². The third kappa shape index (κ3) is 10.8. The summed E-state index contributed by atoms with van der Waals surface area (Å²) in [6.45, 7) is -1.53. The molecule has 50 heavy (non-hydrogen) atoms. The molecule has 0 radical (unpaired) electrons. The smallest absolute Gasteiger partial charge is 0.407 e. The van der Waals surface area contributed by atoms with Crippen LogP contribution in [0.2, 0.25) is 0 Å². The lowest BCUT2D eigenvalue weighted by molar-refractivity contribution is -0.124. The summed E-state index contributed by atoms with van der Waals surface area (Å²) >= 11 is 0. The summed E-state index contributed by atoms with van der Waals surface area (Å²) in [7, 11) is 1.05. The molecule has 0 saturated carbocycles. The lowest BCUT2D eigenvalue weighted by Gasteiger charge is -2.30. The van der Waals surface area contributed by atoms with Crippen LogP contribution in [0.25, 0.3) is 0 Å². The Morgan fingerprint density at radius 3 is 2.30 bits per heavy atom. The summed E-state index contributed by atoms with van der Waals surface area (Å²) in [6.07, 6.45) is -7.04. The number of hydrogen-bond donors (Lipinski definition) is 4. The Bertz CT molecular complexity index is 1640. The minimum absolute atomic E-state index is 0.0354. The minimum Gasteiger partial charge on any atom is -0.453 e. The number of benzene rings is 3. The number of methoxy groups -OCH3 is 1. The van der Waals surface area contributed by atoms with Gasteiger partial charge in [-0.05, 0) is 60.4 Å². The topological polar surface area (TPSA) is 127 Å². The highest BCUT2D eigenvalue weighted by atomic mass is 19.4. The fourth-order valence-electron chi connectivity index (χ4n) is 5.25. The number of anilines is 1. The van der Waals surface area contributed by atoms with Gasteiger partial charge < -0.3 is 35.5 Å². The maximum Gasteiger partial charge on any atom is 0.407 e. The van der Waals surface area contributed by atoms with E-state index in [0.717, 1.165) is 31.4 Å². The van der Waals surface area contributed by atoms with Gasteiger partial charge in [-0.15, -0.1) is 0 Å². The van der Waals surface area contributed by atoms with Gasteiger partial charge in [0.1, 0.15) is 30.8 Å². The number of alkyl carbamates (subject to hydrolysis) is 2. The highest BCUT2D eigenvalue weighted by molar-refractivity contribution is 5.98. The van der Waals surface area contributed by atoms with E-state index in [4.69, 9.17) is 14.2 Å². The number of hydrogen-bond acceptors (Lipinski definition) is 7. The van der Waals surface area contributed by atoms with E-state index in [1.807, 2.05) is 0 Å². The zero-order chi connectivity index (χ0) is 36.4. The number of halogens is 7. The van der Waals surface area contributed by atoms with Gasteiger partial charge in [-0.2, -0.15) is 13.2 Å². The quantitative estimate of drug-likeness (QED) is 0.187. The van der Waals surface area contributed by atoms with Crippen molar-refractivity contribution in [3.05, 3.63) is 101 Å². The van der Waals surface area contributed by atoms with Crippen LogP contribution < -0.4 is 21.3 Å². The van der Waals surface area contributed by atoms with Crippen LogP contribution in [-0.4, -0.2) is 75.9 Å². The van der Waals surface area contributed by atoms with Gasteiger partial charge in [0.05, 0.1) is 25.9 Å². The number of carbonyl (C=O) groups is 3. The molecular weight excluding hydrogens is 681 g/mol. The van der Waals surface area contributed by atoms with Gasteiger partial charge in [-0.3, -0.25) is 4.79 Å². The molecule has 10 nitrogen and oxygen atoms in total. The van der Waals surface area contributed by atoms with Gasteiger partial charge >= 0.3 is 18.4 Å². The molecule has 0 aliphatic carbocycles. The fraction of sp³-hybridized carbons (Fsp3) is 0.364. The third-order valence-corrected chi connectivity index (χ3v) is 7.72. The van der Waals surface area contributed by atoms with Crippen LogP contribution >= 0.6 is 0 Å². The normalized spacial score (nSPS) is 17.3. The van der Waals surface area contributed by atoms with E-state index in [1.54, 1.807) is 5.32 Å². The van der Waals surface area contributed by atoms with Crippen molar-refractivity contribution in [2.45, 2.75) is 43.1 Å². The second kappa shape index (κ2) is 17.2. The second-order valence-electron chi connectivity index (χ2n) is 11.2. The Kier molecular flexibility index (Phi) is 13.0. The van der Waals surface area contributed by atoms with Gasteiger partial charge in [-0.25, -0.2) is 27.2 Å². The van der Waals surface area contributed by atoms with Gasteiger partial charge in [0.2, 0.25) is 5.91 Å². The van der Waals surface area contributed by atoms with Gasteiger partial charge in [-0.1, -0.05) is 24.3 Å². The van der Waals surface area contributed by atoms with Crippen molar-refractivity contribution >= 4 is 23.8 Å². The van der Waals surface area contributed by atoms with E-state index in [-0.39, 0.29) is 55.0 Å². The first-order chi connectivity index (χ1) is 23.7. The van der Waals surface area contributed by atoms with Crippen molar-refractivity contribution in [3.8, 4) is 0 Å². The van der Waals surface area contributed by atoms with Crippen LogP contribution in [0.4, 0.5) is 46.0 Å². The van der Waals surface area contributed by atoms with Crippen LogP contribution in [0.3, 0.4) is 0 Å². The van der Waals surface area contributed by atoms with Crippen LogP contribution in [0, 0.1) is 23.3 Å². The minimum atomic E-state index is -4.59. The van der Waals surface area contributed by atoms with Crippen LogP contribution in [0.5, 0.6) is 0 Å². The Balaban J connectivity index is 1.47. The molecule has 17 heteroatoms. The van der Waals surface area contributed by atoms with E-state index < -0.39 is 78.2 Å². The van der Waals surface area contributed by atoms with E-state index in [9.17, 15) is 40.7 Å². The van der Waals surface area contributed by atoms with E-state index in [2.05, 4.69) is 16.0 Å². The molecule has 4 N–H and O–H groups in total. The number of carbonyl (C=O) groups excluding carboxylic acids is 3. The van der Waals surface area contributed by atoms with Crippen molar-refractivity contribution in [1.29, 1.82) is 0 Å². The third-order valence-electron chi connectivity index (χ3n) is 7.72. The summed E-state index contributed by atoms with van der Waals surface area (Å²) in [5, 5.41) is 9.64. The lowest BCUT2D eigenvalue weighted by atomic mass is 9.84. The Morgan fingerprint density at radius 2 is 1.66 bits per heavy atom. The molecule has 1 aliphatic heterocycles. The molecular formula is C33H33F7N4O6. The van der Waals surface area contributed by atoms with Crippen molar-refractivity contribution in [2.24, 2.45) is 0 Å². The second-order valence-corrected chi connectivity index (χ2v) is 11.2. The highest BCUT2D eigenvalue weighted by Gasteiger charge is 2.34. The van der Waals surface area contributed by atoms with Crippen molar-refractivity contribution < 1.29 is 59.3 Å². The van der Waals surface area contributed by atoms with E-state index in [1.165, 1.54) is 36.4 Å². The number of alkyl halides is 3. The molecule has 4 rings (SSSR count). The highest BCUT2D eigenvalue weighted by Crippen LogP contribution is 2.31. The predicted octanol–water partition coefficient (Wildman–Crippen LogP) is 5.32. The standard InChI is InChI=1S/C33H33F7N4O6/c1-48-32(47)44-29(28(18-5-8-20(34)9-6-18)19-7-12-25(36)26(37)13-19)30(45)43-27-4-2-3-24(35)23(27)11-10-22-14-41-21(15-49-22)16-50-31(46)42-17-33(38,39)40/h2-9,12-13,21-22,28-29,41H,10-11,14-17H2,1H3,(H,42,46)(H,43,45)(H,44,47)/t21-,22+,28+,29-/m0/s1. The Morgan fingerprint density at radius 1 is 0.940 bits per heavy atom. The summed E-state index contributed by atoms with van der Waals surface area (Å²) in [5.41, 5.74) is 0.425. The van der Waals surface area contributed by atoms with Crippen LogP contribution in [0.1, 0.15) is 29.0 Å². The predicted molar refractivity (Wildman–Crippen MR) is 164 cm³/mol. The van der Waals surface area contributed by atoms with Gasteiger partial charge in [0.25, 0.3) is 0 Å². The number of morpholine rings is 1. The Labute approximate surface area is 281 Å². The monoisotopic (exact) mass is 714 g/mol.